The number of fused-ring (bicyclic) bond motifs is 1. The number of aliphatic hydroxyl groups is 2. The minimum absolute atomic E-state index is 0.0508. The molecule has 5 atom stereocenters. The molecule has 2 N–H and O–H groups in total. The molecule has 0 aromatic rings. The molecule has 0 radical (unpaired) electrons. The number of amides is 1. The smallest absolute Gasteiger partial charge is 0.228 e. The summed E-state index contributed by atoms with van der Waals surface area (Å²) in [6.07, 6.45) is 4.71. The monoisotopic (exact) mass is 283 g/mol. The lowest BCUT2D eigenvalue weighted by Gasteiger charge is -2.46. The fraction of sp³-hybridized carbons (Fsp3) is 0.938. The van der Waals surface area contributed by atoms with Crippen LogP contribution in [0.3, 0.4) is 0 Å². The number of hydrogen-bond donors (Lipinski definition) is 2. The first-order valence-electron chi connectivity index (χ1n) is 8.09. The molecule has 4 heteroatoms. The van der Waals surface area contributed by atoms with Crippen LogP contribution in [0.2, 0.25) is 0 Å². The second-order valence-corrected chi connectivity index (χ2v) is 6.97. The third-order valence-electron chi connectivity index (χ3n) is 5.21. The minimum atomic E-state index is -0.861. The SMILES string of the molecule is CCCC[C@@H](C)[C@@H](O)[C@H]1C[C@](C)(O)[C@@H]2CCCN2C1=O. The van der Waals surface area contributed by atoms with Gasteiger partial charge in [0.25, 0.3) is 0 Å². The average Bonchev–Trinajstić information content (AvgIpc) is 2.90. The molecule has 0 spiro atoms. The van der Waals surface area contributed by atoms with E-state index in [1.807, 2.05) is 18.7 Å². The Labute approximate surface area is 122 Å². The molecule has 116 valence electrons. The lowest BCUT2D eigenvalue weighted by Crippen LogP contribution is -2.60. The fourth-order valence-electron chi connectivity index (χ4n) is 3.92. The van der Waals surface area contributed by atoms with Crippen LogP contribution in [-0.4, -0.2) is 45.3 Å². The third kappa shape index (κ3) is 2.86. The number of unbranched alkanes of at least 4 members (excludes halogenated alkanes) is 1. The van der Waals surface area contributed by atoms with Gasteiger partial charge in [-0.1, -0.05) is 26.7 Å². The Balaban J connectivity index is 2.09. The van der Waals surface area contributed by atoms with Crippen LogP contribution < -0.4 is 0 Å². The van der Waals surface area contributed by atoms with E-state index in [9.17, 15) is 15.0 Å². The summed E-state index contributed by atoms with van der Waals surface area (Å²) in [6.45, 7) is 6.69. The molecule has 20 heavy (non-hydrogen) atoms. The maximum atomic E-state index is 12.6. The summed E-state index contributed by atoms with van der Waals surface area (Å²) in [6, 6.07) is -0.0515. The van der Waals surface area contributed by atoms with Gasteiger partial charge in [0.1, 0.15) is 0 Å². The van der Waals surface area contributed by atoms with Crippen molar-refractivity contribution in [1.82, 2.24) is 4.90 Å². The lowest BCUT2D eigenvalue weighted by molar-refractivity contribution is -0.163. The number of carbonyl (C=O) groups is 1. The summed E-state index contributed by atoms with van der Waals surface area (Å²) < 4.78 is 0. The molecule has 4 nitrogen and oxygen atoms in total. The Morgan fingerprint density at radius 2 is 2.20 bits per heavy atom. The highest BCUT2D eigenvalue weighted by molar-refractivity contribution is 5.81. The van der Waals surface area contributed by atoms with Crippen molar-refractivity contribution >= 4 is 5.91 Å². The van der Waals surface area contributed by atoms with Crippen molar-refractivity contribution in [2.24, 2.45) is 11.8 Å². The highest BCUT2D eigenvalue weighted by Gasteiger charge is 2.51. The molecule has 0 saturated carbocycles. The van der Waals surface area contributed by atoms with E-state index in [1.165, 1.54) is 0 Å². The van der Waals surface area contributed by atoms with E-state index in [1.54, 1.807) is 0 Å². The molecule has 2 rings (SSSR count). The zero-order valence-corrected chi connectivity index (χ0v) is 13.0. The molecule has 2 aliphatic rings. The van der Waals surface area contributed by atoms with E-state index >= 15 is 0 Å². The molecule has 2 heterocycles. The standard InChI is InChI=1S/C16H29NO3/c1-4-5-7-11(2)14(18)12-10-16(3,20)13-8-6-9-17(13)15(12)19/h11-14,18,20H,4-10H2,1-3H3/t11-,12-,13+,14-,16+/m1/s1. The molecule has 0 aromatic carbocycles. The summed E-state index contributed by atoms with van der Waals surface area (Å²) in [5.74, 6) is -0.278. The first-order chi connectivity index (χ1) is 9.38. The van der Waals surface area contributed by atoms with Crippen molar-refractivity contribution in [3.05, 3.63) is 0 Å². The number of rotatable bonds is 5. The zero-order chi connectivity index (χ0) is 14.9. The van der Waals surface area contributed by atoms with Gasteiger partial charge in [0.2, 0.25) is 5.91 Å². The van der Waals surface area contributed by atoms with Gasteiger partial charge in [0.05, 0.1) is 23.7 Å². The average molecular weight is 283 g/mol. The number of hydrogen-bond acceptors (Lipinski definition) is 3. The van der Waals surface area contributed by atoms with Crippen LogP contribution in [0.25, 0.3) is 0 Å². The Bertz CT molecular complexity index is 356. The van der Waals surface area contributed by atoms with Crippen molar-refractivity contribution in [1.29, 1.82) is 0 Å². The first-order valence-corrected chi connectivity index (χ1v) is 8.09. The highest BCUT2D eigenvalue weighted by Crippen LogP contribution is 2.40. The fourth-order valence-corrected chi connectivity index (χ4v) is 3.92. The van der Waals surface area contributed by atoms with Crippen molar-refractivity contribution in [2.75, 3.05) is 6.54 Å². The Morgan fingerprint density at radius 1 is 1.50 bits per heavy atom. The van der Waals surface area contributed by atoms with Gasteiger partial charge in [-0.05, 0) is 38.5 Å². The van der Waals surface area contributed by atoms with Crippen LogP contribution in [-0.2, 0) is 4.79 Å². The predicted octanol–water partition coefficient (Wildman–Crippen LogP) is 1.94. The molecule has 2 saturated heterocycles. The summed E-state index contributed by atoms with van der Waals surface area (Å²) in [7, 11) is 0. The van der Waals surface area contributed by atoms with Gasteiger partial charge in [-0.2, -0.15) is 0 Å². The van der Waals surface area contributed by atoms with Crippen molar-refractivity contribution in [2.45, 2.75) is 77.0 Å². The van der Waals surface area contributed by atoms with E-state index < -0.39 is 17.6 Å². The third-order valence-corrected chi connectivity index (χ3v) is 5.21. The Kier molecular flexibility index (Phi) is 4.75. The van der Waals surface area contributed by atoms with Gasteiger partial charge >= 0.3 is 0 Å². The van der Waals surface area contributed by atoms with Crippen LogP contribution in [0.1, 0.15) is 59.3 Å². The molecule has 2 aliphatic heterocycles. The van der Waals surface area contributed by atoms with Gasteiger partial charge in [-0.3, -0.25) is 4.79 Å². The molecule has 1 amide bonds. The van der Waals surface area contributed by atoms with E-state index in [-0.39, 0.29) is 17.9 Å². The minimum Gasteiger partial charge on any atom is -0.392 e. The maximum absolute atomic E-state index is 12.6. The number of piperidine rings is 1. The first kappa shape index (κ1) is 15.8. The zero-order valence-electron chi connectivity index (χ0n) is 13.0. The summed E-state index contributed by atoms with van der Waals surface area (Å²) in [5.41, 5.74) is -0.861. The molecular formula is C16H29NO3. The number of aliphatic hydroxyl groups excluding tert-OH is 1. The van der Waals surface area contributed by atoms with E-state index in [0.29, 0.717) is 6.42 Å². The van der Waals surface area contributed by atoms with Crippen LogP contribution >= 0.6 is 0 Å². The van der Waals surface area contributed by atoms with Gasteiger partial charge in [0.15, 0.2) is 0 Å². The maximum Gasteiger partial charge on any atom is 0.228 e. The van der Waals surface area contributed by atoms with E-state index in [2.05, 4.69) is 6.92 Å². The number of carbonyl (C=O) groups excluding carboxylic acids is 1. The van der Waals surface area contributed by atoms with Crippen LogP contribution in [0, 0.1) is 11.8 Å². The molecule has 0 unspecified atom stereocenters. The van der Waals surface area contributed by atoms with Gasteiger partial charge in [0, 0.05) is 6.54 Å². The molecule has 0 bridgehead atoms. The van der Waals surface area contributed by atoms with Crippen molar-refractivity contribution in [3.63, 3.8) is 0 Å². The largest absolute Gasteiger partial charge is 0.392 e. The normalized spacial score (nSPS) is 36.9. The van der Waals surface area contributed by atoms with Crippen LogP contribution in [0.5, 0.6) is 0 Å². The molecular weight excluding hydrogens is 254 g/mol. The van der Waals surface area contributed by atoms with E-state index in [0.717, 1.165) is 38.6 Å². The van der Waals surface area contributed by atoms with Gasteiger partial charge in [-0.25, -0.2) is 0 Å². The summed E-state index contributed by atoms with van der Waals surface area (Å²) in [5, 5.41) is 21.2. The second-order valence-electron chi connectivity index (χ2n) is 6.97. The topological polar surface area (TPSA) is 60.8 Å². The molecule has 2 fully saturated rings. The molecule has 0 aliphatic carbocycles. The summed E-state index contributed by atoms with van der Waals surface area (Å²) in [4.78, 5) is 14.4. The number of nitrogens with zero attached hydrogens (tertiary/aromatic N) is 1. The van der Waals surface area contributed by atoms with Crippen LogP contribution in [0.4, 0.5) is 0 Å². The van der Waals surface area contributed by atoms with E-state index in [4.69, 9.17) is 0 Å². The van der Waals surface area contributed by atoms with Crippen molar-refractivity contribution < 1.29 is 15.0 Å². The van der Waals surface area contributed by atoms with Gasteiger partial charge < -0.3 is 15.1 Å². The van der Waals surface area contributed by atoms with Gasteiger partial charge in [-0.15, -0.1) is 0 Å². The van der Waals surface area contributed by atoms with Crippen molar-refractivity contribution in [3.8, 4) is 0 Å². The highest BCUT2D eigenvalue weighted by atomic mass is 16.3. The molecule has 0 aromatic heterocycles. The predicted molar refractivity (Wildman–Crippen MR) is 78.2 cm³/mol. The summed E-state index contributed by atoms with van der Waals surface area (Å²) >= 11 is 0. The lowest BCUT2D eigenvalue weighted by atomic mass is 9.75. The van der Waals surface area contributed by atoms with Crippen LogP contribution in [0.15, 0.2) is 0 Å². The Morgan fingerprint density at radius 3 is 2.85 bits per heavy atom. The Hall–Kier alpha value is -0.610. The second kappa shape index (κ2) is 6.02. The quantitative estimate of drug-likeness (QED) is 0.810.